The summed E-state index contributed by atoms with van der Waals surface area (Å²) >= 11 is 0. The standard InChI is InChI=1S/C19H25N3O2/c1-14-5-6-17(11-15(14)2)19(23)22-8-4-7-21(9-10-22)13-18-12-16(3)24-20-18/h5-6,11-12H,4,7-10,13H2,1-3H3. The minimum absolute atomic E-state index is 0.136. The van der Waals surface area contributed by atoms with Crippen molar-refractivity contribution in [2.75, 3.05) is 26.2 Å². The number of rotatable bonds is 3. The van der Waals surface area contributed by atoms with Crippen LogP contribution in [0.4, 0.5) is 0 Å². The molecular weight excluding hydrogens is 302 g/mol. The summed E-state index contributed by atoms with van der Waals surface area (Å²) in [7, 11) is 0. The predicted molar refractivity (Wildman–Crippen MR) is 93.0 cm³/mol. The fourth-order valence-corrected chi connectivity index (χ4v) is 3.11. The second kappa shape index (κ2) is 7.18. The summed E-state index contributed by atoms with van der Waals surface area (Å²) in [6, 6.07) is 7.94. The molecule has 0 bridgehead atoms. The molecule has 0 saturated carbocycles. The summed E-state index contributed by atoms with van der Waals surface area (Å²) < 4.78 is 5.13. The average Bonchev–Trinajstić information content (AvgIpc) is 2.82. The number of hydrogen-bond donors (Lipinski definition) is 0. The van der Waals surface area contributed by atoms with Gasteiger partial charge in [0.1, 0.15) is 5.76 Å². The van der Waals surface area contributed by atoms with Gasteiger partial charge in [-0.3, -0.25) is 9.69 Å². The van der Waals surface area contributed by atoms with Gasteiger partial charge in [0.2, 0.25) is 0 Å². The minimum Gasteiger partial charge on any atom is -0.361 e. The van der Waals surface area contributed by atoms with Crippen LogP contribution >= 0.6 is 0 Å². The molecule has 1 aliphatic heterocycles. The number of carbonyl (C=O) groups is 1. The van der Waals surface area contributed by atoms with Gasteiger partial charge in [-0.1, -0.05) is 11.2 Å². The molecule has 1 fully saturated rings. The van der Waals surface area contributed by atoms with Crippen molar-refractivity contribution in [2.45, 2.75) is 33.7 Å². The Morgan fingerprint density at radius 2 is 1.92 bits per heavy atom. The lowest BCUT2D eigenvalue weighted by atomic mass is 10.1. The smallest absolute Gasteiger partial charge is 0.253 e. The maximum atomic E-state index is 12.8. The first-order chi connectivity index (χ1) is 11.5. The van der Waals surface area contributed by atoms with Crippen LogP contribution < -0.4 is 0 Å². The van der Waals surface area contributed by atoms with Crippen molar-refractivity contribution in [3.63, 3.8) is 0 Å². The Morgan fingerprint density at radius 1 is 1.08 bits per heavy atom. The van der Waals surface area contributed by atoms with Crippen LogP contribution in [0, 0.1) is 20.8 Å². The monoisotopic (exact) mass is 327 g/mol. The van der Waals surface area contributed by atoms with Crippen molar-refractivity contribution < 1.29 is 9.32 Å². The topological polar surface area (TPSA) is 49.6 Å². The van der Waals surface area contributed by atoms with E-state index < -0.39 is 0 Å². The van der Waals surface area contributed by atoms with Crippen LogP contribution in [0.15, 0.2) is 28.8 Å². The molecule has 1 amide bonds. The third-order valence-electron chi connectivity index (χ3n) is 4.69. The highest BCUT2D eigenvalue weighted by Gasteiger charge is 2.21. The molecule has 0 N–H and O–H groups in total. The molecule has 5 nitrogen and oxygen atoms in total. The summed E-state index contributed by atoms with van der Waals surface area (Å²) in [5, 5.41) is 4.06. The molecular formula is C19H25N3O2. The minimum atomic E-state index is 0.136. The van der Waals surface area contributed by atoms with Gasteiger partial charge in [-0.05, 0) is 50.5 Å². The third kappa shape index (κ3) is 3.85. The van der Waals surface area contributed by atoms with Gasteiger partial charge in [0.25, 0.3) is 5.91 Å². The fraction of sp³-hybridized carbons (Fsp3) is 0.474. The van der Waals surface area contributed by atoms with Crippen molar-refractivity contribution in [3.05, 3.63) is 52.4 Å². The first-order valence-electron chi connectivity index (χ1n) is 8.54. The summed E-state index contributed by atoms with van der Waals surface area (Å²) in [4.78, 5) is 17.1. The van der Waals surface area contributed by atoms with Gasteiger partial charge in [-0.15, -0.1) is 0 Å². The predicted octanol–water partition coefficient (Wildman–Crippen LogP) is 2.95. The van der Waals surface area contributed by atoms with E-state index >= 15 is 0 Å². The lowest BCUT2D eigenvalue weighted by molar-refractivity contribution is 0.0761. The molecule has 1 saturated heterocycles. The molecule has 2 heterocycles. The molecule has 0 radical (unpaired) electrons. The highest BCUT2D eigenvalue weighted by Crippen LogP contribution is 2.15. The number of aryl methyl sites for hydroxylation is 3. The second-order valence-corrected chi connectivity index (χ2v) is 6.65. The van der Waals surface area contributed by atoms with E-state index in [-0.39, 0.29) is 5.91 Å². The molecule has 1 aromatic carbocycles. The fourth-order valence-electron chi connectivity index (χ4n) is 3.11. The quantitative estimate of drug-likeness (QED) is 0.870. The molecule has 3 rings (SSSR count). The van der Waals surface area contributed by atoms with Gasteiger partial charge in [0.15, 0.2) is 0 Å². The van der Waals surface area contributed by atoms with Crippen molar-refractivity contribution >= 4 is 5.91 Å². The maximum absolute atomic E-state index is 12.8. The third-order valence-corrected chi connectivity index (χ3v) is 4.69. The van der Waals surface area contributed by atoms with Gasteiger partial charge >= 0.3 is 0 Å². The number of benzene rings is 1. The van der Waals surface area contributed by atoms with E-state index in [1.807, 2.05) is 36.1 Å². The Morgan fingerprint density at radius 3 is 2.62 bits per heavy atom. The van der Waals surface area contributed by atoms with E-state index in [4.69, 9.17) is 4.52 Å². The van der Waals surface area contributed by atoms with Crippen molar-refractivity contribution in [1.29, 1.82) is 0 Å². The van der Waals surface area contributed by atoms with E-state index in [1.165, 1.54) is 11.1 Å². The Kier molecular flexibility index (Phi) is 5.00. The van der Waals surface area contributed by atoms with Crippen LogP contribution in [-0.4, -0.2) is 47.0 Å². The zero-order chi connectivity index (χ0) is 17.1. The molecule has 24 heavy (non-hydrogen) atoms. The average molecular weight is 327 g/mol. The van der Waals surface area contributed by atoms with Crippen molar-refractivity contribution in [2.24, 2.45) is 0 Å². The number of hydrogen-bond acceptors (Lipinski definition) is 4. The summed E-state index contributed by atoms with van der Waals surface area (Å²) in [6.45, 7) is 10.2. The molecule has 0 unspecified atom stereocenters. The number of amides is 1. The van der Waals surface area contributed by atoms with Gasteiger partial charge in [-0.25, -0.2) is 0 Å². The van der Waals surface area contributed by atoms with Gasteiger partial charge in [0.05, 0.1) is 5.69 Å². The van der Waals surface area contributed by atoms with E-state index in [0.29, 0.717) is 0 Å². The van der Waals surface area contributed by atoms with Crippen molar-refractivity contribution in [1.82, 2.24) is 15.0 Å². The highest BCUT2D eigenvalue weighted by molar-refractivity contribution is 5.94. The zero-order valence-corrected chi connectivity index (χ0v) is 14.7. The van der Waals surface area contributed by atoms with Crippen LogP contribution in [0.2, 0.25) is 0 Å². The first-order valence-corrected chi connectivity index (χ1v) is 8.54. The van der Waals surface area contributed by atoms with E-state index in [0.717, 1.165) is 56.2 Å². The number of carbonyl (C=O) groups excluding carboxylic acids is 1. The van der Waals surface area contributed by atoms with Crippen LogP contribution in [0.1, 0.15) is 39.4 Å². The lowest BCUT2D eigenvalue weighted by Gasteiger charge is -2.22. The molecule has 1 aliphatic rings. The largest absolute Gasteiger partial charge is 0.361 e. The zero-order valence-electron chi connectivity index (χ0n) is 14.7. The SMILES string of the molecule is Cc1cc(CN2CCCN(C(=O)c3ccc(C)c(C)c3)CC2)no1. The molecule has 0 atom stereocenters. The molecule has 128 valence electrons. The molecule has 2 aromatic rings. The highest BCUT2D eigenvalue weighted by atomic mass is 16.5. The molecule has 0 aliphatic carbocycles. The Balaban J connectivity index is 1.62. The van der Waals surface area contributed by atoms with Crippen LogP contribution in [0.25, 0.3) is 0 Å². The maximum Gasteiger partial charge on any atom is 0.253 e. The van der Waals surface area contributed by atoms with Crippen molar-refractivity contribution in [3.8, 4) is 0 Å². The summed E-state index contributed by atoms with van der Waals surface area (Å²) in [6.07, 6.45) is 0.980. The Labute approximate surface area is 143 Å². The van der Waals surface area contributed by atoms with E-state index in [2.05, 4.69) is 23.9 Å². The van der Waals surface area contributed by atoms with Gasteiger partial charge in [-0.2, -0.15) is 0 Å². The van der Waals surface area contributed by atoms with Gasteiger partial charge in [0, 0.05) is 44.4 Å². The van der Waals surface area contributed by atoms with E-state index in [1.54, 1.807) is 0 Å². The first kappa shape index (κ1) is 16.7. The number of aromatic nitrogens is 1. The molecule has 5 heteroatoms. The second-order valence-electron chi connectivity index (χ2n) is 6.65. The van der Waals surface area contributed by atoms with Crippen LogP contribution in [0.3, 0.4) is 0 Å². The summed E-state index contributed by atoms with van der Waals surface area (Å²) in [5.74, 6) is 0.976. The van der Waals surface area contributed by atoms with Gasteiger partial charge < -0.3 is 9.42 Å². The Hall–Kier alpha value is -2.14. The molecule has 0 spiro atoms. The molecule has 1 aromatic heterocycles. The normalized spacial score (nSPS) is 16.2. The van der Waals surface area contributed by atoms with Crippen LogP contribution in [0.5, 0.6) is 0 Å². The van der Waals surface area contributed by atoms with E-state index in [9.17, 15) is 4.79 Å². The summed E-state index contributed by atoms with van der Waals surface area (Å²) in [5.41, 5.74) is 4.13. The lowest BCUT2D eigenvalue weighted by Crippen LogP contribution is -2.35. The Bertz CT molecular complexity index is 723. The number of nitrogens with zero attached hydrogens (tertiary/aromatic N) is 3. The van der Waals surface area contributed by atoms with Crippen LogP contribution in [-0.2, 0) is 6.54 Å².